The van der Waals surface area contributed by atoms with Crippen LogP contribution in [0.3, 0.4) is 0 Å². The van der Waals surface area contributed by atoms with Crippen LogP contribution in [0, 0.1) is 10.1 Å². The number of benzene rings is 2. The molecule has 0 unspecified atom stereocenters. The van der Waals surface area contributed by atoms with Gasteiger partial charge in [-0.1, -0.05) is 29.8 Å². The largest absolute Gasteiger partial charge is 0.451 e. The summed E-state index contributed by atoms with van der Waals surface area (Å²) in [5.74, 6) is 0.193. The molecule has 0 atom stereocenters. The molecule has 0 N–H and O–H groups in total. The Bertz CT molecular complexity index is 992. The topological polar surface area (TPSA) is 79.8 Å². The number of non-ortho nitro benzene ring substituents is 1. The maximum atomic E-state index is 12.7. The fourth-order valence-corrected chi connectivity index (χ4v) is 3.55. The van der Waals surface area contributed by atoms with Crippen molar-refractivity contribution in [1.29, 1.82) is 0 Å². The van der Waals surface area contributed by atoms with Gasteiger partial charge in [-0.15, -0.1) is 0 Å². The first-order valence-electron chi connectivity index (χ1n) is 8.49. The third-order valence-electron chi connectivity index (χ3n) is 4.69. The molecule has 0 aliphatic carbocycles. The number of furan rings is 1. The van der Waals surface area contributed by atoms with Crippen molar-refractivity contribution >= 4 is 39.9 Å². The molecule has 4 rings (SSSR count). The number of nitro benzene ring substituents is 1. The van der Waals surface area contributed by atoms with Gasteiger partial charge in [-0.2, -0.15) is 0 Å². The van der Waals surface area contributed by atoms with Crippen LogP contribution in [0.25, 0.3) is 11.0 Å². The van der Waals surface area contributed by atoms with E-state index in [1.54, 1.807) is 17.0 Å². The number of piperazine rings is 1. The number of carbonyl (C=O) groups excluding carboxylic acids is 1. The molecule has 1 aliphatic rings. The Hall–Kier alpha value is -3.06. The van der Waals surface area contributed by atoms with E-state index in [4.69, 9.17) is 16.0 Å². The zero-order valence-electron chi connectivity index (χ0n) is 14.3. The van der Waals surface area contributed by atoms with Crippen LogP contribution in [-0.4, -0.2) is 41.9 Å². The summed E-state index contributed by atoms with van der Waals surface area (Å²) < 4.78 is 5.66. The number of hydrogen-bond acceptors (Lipinski definition) is 5. The third kappa shape index (κ3) is 3.33. The zero-order chi connectivity index (χ0) is 19.0. The summed E-state index contributed by atoms with van der Waals surface area (Å²) in [7, 11) is 0. The third-order valence-corrected chi connectivity index (χ3v) is 4.99. The molecule has 0 spiro atoms. The molecular weight excluding hydrogens is 370 g/mol. The maximum Gasteiger partial charge on any atom is 0.289 e. The first-order valence-corrected chi connectivity index (χ1v) is 8.87. The van der Waals surface area contributed by atoms with E-state index in [1.807, 2.05) is 29.2 Å². The molecule has 2 heterocycles. The highest BCUT2D eigenvalue weighted by Crippen LogP contribution is 2.30. The molecule has 1 aliphatic heterocycles. The van der Waals surface area contributed by atoms with Crippen LogP contribution in [0.5, 0.6) is 0 Å². The number of carbonyl (C=O) groups is 1. The van der Waals surface area contributed by atoms with Crippen LogP contribution < -0.4 is 4.90 Å². The molecule has 7 nitrogen and oxygen atoms in total. The van der Waals surface area contributed by atoms with E-state index in [9.17, 15) is 14.9 Å². The number of para-hydroxylation sites is 1. The van der Waals surface area contributed by atoms with Crippen LogP contribution in [0.1, 0.15) is 10.6 Å². The minimum Gasteiger partial charge on any atom is -0.451 e. The molecular formula is C19H16ClN3O4. The van der Waals surface area contributed by atoms with Crippen molar-refractivity contribution in [3.8, 4) is 0 Å². The molecule has 0 radical (unpaired) electrons. The van der Waals surface area contributed by atoms with Crippen LogP contribution in [-0.2, 0) is 0 Å². The SMILES string of the molecule is O=C(c1cc2ccccc2o1)N1CCN(c2ccc([N+](=O)[O-])cc2Cl)CC1. The van der Waals surface area contributed by atoms with Crippen LogP contribution >= 0.6 is 11.6 Å². The second-order valence-electron chi connectivity index (χ2n) is 6.32. The van der Waals surface area contributed by atoms with Crippen LogP contribution in [0.2, 0.25) is 5.02 Å². The number of amides is 1. The van der Waals surface area contributed by atoms with Crippen LogP contribution in [0.4, 0.5) is 11.4 Å². The predicted octanol–water partition coefficient (Wildman–Crippen LogP) is 3.96. The number of halogens is 1. The van der Waals surface area contributed by atoms with Crippen molar-refractivity contribution in [3.63, 3.8) is 0 Å². The lowest BCUT2D eigenvalue weighted by Crippen LogP contribution is -2.48. The van der Waals surface area contributed by atoms with Gasteiger partial charge in [0.2, 0.25) is 0 Å². The average Bonchev–Trinajstić information content (AvgIpc) is 3.11. The Balaban J connectivity index is 1.45. The number of fused-ring (bicyclic) bond motifs is 1. The van der Waals surface area contributed by atoms with Crippen molar-refractivity contribution in [2.45, 2.75) is 0 Å². The van der Waals surface area contributed by atoms with E-state index in [1.165, 1.54) is 12.1 Å². The molecule has 2 aromatic carbocycles. The fourth-order valence-electron chi connectivity index (χ4n) is 3.26. The highest BCUT2D eigenvalue weighted by atomic mass is 35.5. The van der Waals surface area contributed by atoms with Gasteiger partial charge < -0.3 is 14.2 Å². The highest BCUT2D eigenvalue weighted by molar-refractivity contribution is 6.33. The summed E-state index contributed by atoms with van der Waals surface area (Å²) in [5.41, 5.74) is 1.39. The Morgan fingerprint density at radius 3 is 2.48 bits per heavy atom. The Kier molecular flexibility index (Phi) is 4.45. The van der Waals surface area contributed by atoms with Gasteiger partial charge in [0.05, 0.1) is 15.6 Å². The molecule has 3 aromatic rings. The highest BCUT2D eigenvalue weighted by Gasteiger charge is 2.26. The molecule has 1 amide bonds. The van der Waals surface area contributed by atoms with E-state index in [0.29, 0.717) is 42.5 Å². The lowest BCUT2D eigenvalue weighted by atomic mass is 10.2. The number of rotatable bonds is 3. The second-order valence-corrected chi connectivity index (χ2v) is 6.73. The van der Waals surface area contributed by atoms with E-state index in [-0.39, 0.29) is 11.6 Å². The molecule has 1 saturated heterocycles. The quantitative estimate of drug-likeness (QED) is 0.503. The maximum absolute atomic E-state index is 12.7. The molecule has 0 saturated carbocycles. The lowest BCUT2D eigenvalue weighted by molar-refractivity contribution is -0.384. The molecule has 27 heavy (non-hydrogen) atoms. The summed E-state index contributed by atoms with van der Waals surface area (Å²) in [5, 5.41) is 12.1. The van der Waals surface area contributed by atoms with Gasteiger partial charge in [0, 0.05) is 43.7 Å². The van der Waals surface area contributed by atoms with Gasteiger partial charge in [0.15, 0.2) is 5.76 Å². The lowest BCUT2D eigenvalue weighted by Gasteiger charge is -2.36. The smallest absolute Gasteiger partial charge is 0.289 e. The molecule has 0 bridgehead atoms. The number of hydrogen-bond donors (Lipinski definition) is 0. The minimum absolute atomic E-state index is 0.0394. The van der Waals surface area contributed by atoms with Crippen molar-refractivity contribution < 1.29 is 14.1 Å². The second kappa shape index (κ2) is 6.92. The molecule has 8 heteroatoms. The zero-order valence-corrected chi connectivity index (χ0v) is 15.1. The number of nitro groups is 1. The first-order chi connectivity index (χ1) is 13.0. The van der Waals surface area contributed by atoms with Crippen LogP contribution in [0.15, 0.2) is 52.9 Å². The minimum atomic E-state index is -0.473. The first kappa shape index (κ1) is 17.4. The Morgan fingerprint density at radius 1 is 1.07 bits per heavy atom. The standard InChI is InChI=1S/C19H16ClN3O4/c20-15-12-14(23(25)26)5-6-16(15)21-7-9-22(10-8-21)19(24)18-11-13-3-1-2-4-17(13)27-18/h1-6,11-12H,7-10H2. The van der Waals surface area contributed by atoms with Gasteiger partial charge in [0.1, 0.15) is 5.58 Å². The fraction of sp³-hybridized carbons (Fsp3) is 0.211. The molecule has 138 valence electrons. The van der Waals surface area contributed by atoms with Gasteiger partial charge in [-0.3, -0.25) is 14.9 Å². The van der Waals surface area contributed by atoms with Crippen molar-refractivity contribution in [3.05, 3.63) is 69.4 Å². The molecule has 1 aromatic heterocycles. The van der Waals surface area contributed by atoms with E-state index < -0.39 is 4.92 Å². The van der Waals surface area contributed by atoms with Gasteiger partial charge in [-0.05, 0) is 18.2 Å². The van der Waals surface area contributed by atoms with Crippen molar-refractivity contribution in [2.75, 3.05) is 31.1 Å². The normalized spacial score (nSPS) is 14.6. The van der Waals surface area contributed by atoms with Gasteiger partial charge >= 0.3 is 0 Å². The van der Waals surface area contributed by atoms with E-state index in [0.717, 1.165) is 11.1 Å². The average molecular weight is 386 g/mol. The predicted molar refractivity (Wildman–Crippen MR) is 102 cm³/mol. The van der Waals surface area contributed by atoms with Gasteiger partial charge in [-0.25, -0.2) is 0 Å². The van der Waals surface area contributed by atoms with E-state index in [2.05, 4.69) is 0 Å². The summed E-state index contributed by atoms with van der Waals surface area (Å²) in [6.45, 7) is 2.21. The summed E-state index contributed by atoms with van der Waals surface area (Å²) in [4.78, 5) is 26.8. The monoisotopic (exact) mass is 385 g/mol. The van der Waals surface area contributed by atoms with Gasteiger partial charge in [0.25, 0.3) is 11.6 Å². The molecule has 1 fully saturated rings. The Morgan fingerprint density at radius 2 is 1.81 bits per heavy atom. The van der Waals surface area contributed by atoms with Crippen molar-refractivity contribution in [2.24, 2.45) is 0 Å². The number of nitrogens with zero attached hydrogens (tertiary/aromatic N) is 3. The van der Waals surface area contributed by atoms with Crippen molar-refractivity contribution in [1.82, 2.24) is 4.90 Å². The number of anilines is 1. The van der Waals surface area contributed by atoms with E-state index >= 15 is 0 Å². The summed E-state index contributed by atoms with van der Waals surface area (Å²) in [6.07, 6.45) is 0. The summed E-state index contributed by atoms with van der Waals surface area (Å²) >= 11 is 6.21. The Labute approximate surface area is 159 Å². The summed E-state index contributed by atoms with van der Waals surface area (Å²) in [6, 6.07) is 13.7.